The van der Waals surface area contributed by atoms with E-state index < -0.39 is 0 Å². The molecule has 5 heteroatoms. The minimum Gasteiger partial charge on any atom is -0.376 e. The molecule has 0 spiro atoms. The molecule has 0 aromatic rings. The van der Waals surface area contributed by atoms with Crippen LogP contribution in [0, 0.1) is 0 Å². The second kappa shape index (κ2) is 6.63. The second-order valence-electron chi connectivity index (χ2n) is 6.93. The Bertz CT molecular complexity index is 355. The molecular weight excluding hydrogens is 268 g/mol. The molecule has 3 atom stereocenters. The smallest absolute Gasteiger partial charge is 0.237 e. The Kier molecular flexibility index (Phi) is 4.82. The fourth-order valence-electron chi connectivity index (χ4n) is 3.84. The lowest BCUT2D eigenvalue weighted by Crippen LogP contribution is -2.48. The minimum absolute atomic E-state index is 0.0649. The Morgan fingerprint density at radius 3 is 2.67 bits per heavy atom. The van der Waals surface area contributed by atoms with Gasteiger partial charge in [-0.1, -0.05) is 0 Å². The molecule has 2 saturated heterocycles. The maximum Gasteiger partial charge on any atom is 0.237 e. The van der Waals surface area contributed by atoms with Crippen molar-refractivity contribution in [1.29, 1.82) is 0 Å². The lowest BCUT2D eigenvalue weighted by Gasteiger charge is -2.31. The number of fused-ring (bicyclic) bond motifs is 1. The summed E-state index contributed by atoms with van der Waals surface area (Å²) in [5.41, 5.74) is 0. The van der Waals surface area contributed by atoms with Crippen molar-refractivity contribution in [2.75, 3.05) is 6.61 Å². The van der Waals surface area contributed by atoms with Gasteiger partial charge in [0.2, 0.25) is 5.91 Å². The molecule has 0 aromatic heterocycles. The first-order valence-electron chi connectivity index (χ1n) is 8.45. The van der Waals surface area contributed by atoms with Gasteiger partial charge in [0.25, 0.3) is 0 Å². The maximum atomic E-state index is 12.3. The van der Waals surface area contributed by atoms with Gasteiger partial charge in [0.05, 0.1) is 24.4 Å². The van der Waals surface area contributed by atoms with Gasteiger partial charge in [0, 0.05) is 18.7 Å². The normalized spacial score (nSPS) is 39.5. The SMILES string of the molecule is CC(C)OC1CCC(NC(=O)[C@@H]2C[C@@H]3OCC[C@@H]3N2)CC1. The molecule has 0 aromatic carbocycles. The second-order valence-corrected chi connectivity index (χ2v) is 6.93. The van der Waals surface area contributed by atoms with Crippen LogP contribution in [0.25, 0.3) is 0 Å². The molecule has 2 aliphatic heterocycles. The molecule has 2 heterocycles. The highest BCUT2D eigenvalue weighted by Crippen LogP contribution is 2.26. The van der Waals surface area contributed by atoms with E-state index in [9.17, 15) is 4.79 Å². The van der Waals surface area contributed by atoms with E-state index >= 15 is 0 Å². The highest BCUT2D eigenvalue weighted by molar-refractivity contribution is 5.82. The third kappa shape index (κ3) is 3.76. The van der Waals surface area contributed by atoms with Gasteiger partial charge in [-0.05, 0) is 52.4 Å². The molecule has 21 heavy (non-hydrogen) atoms. The Hall–Kier alpha value is -0.650. The van der Waals surface area contributed by atoms with E-state index in [4.69, 9.17) is 9.47 Å². The van der Waals surface area contributed by atoms with Gasteiger partial charge in [0.15, 0.2) is 0 Å². The first kappa shape index (κ1) is 15.3. The van der Waals surface area contributed by atoms with Gasteiger partial charge in [-0.2, -0.15) is 0 Å². The van der Waals surface area contributed by atoms with E-state index in [1.807, 2.05) is 0 Å². The van der Waals surface area contributed by atoms with Crippen LogP contribution in [0.5, 0.6) is 0 Å². The maximum absolute atomic E-state index is 12.3. The minimum atomic E-state index is -0.0649. The van der Waals surface area contributed by atoms with E-state index in [2.05, 4.69) is 24.5 Å². The van der Waals surface area contributed by atoms with E-state index in [0.29, 0.717) is 24.3 Å². The topological polar surface area (TPSA) is 59.6 Å². The number of hydrogen-bond acceptors (Lipinski definition) is 4. The monoisotopic (exact) mass is 296 g/mol. The summed E-state index contributed by atoms with van der Waals surface area (Å²) in [4.78, 5) is 12.3. The third-order valence-electron chi connectivity index (χ3n) is 4.89. The van der Waals surface area contributed by atoms with Crippen LogP contribution in [-0.4, -0.2) is 49.0 Å². The van der Waals surface area contributed by atoms with Crippen LogP contribution in [0.1, 0.15) is 52.4 Å². The molecule has 3 aliphatic rings. The summed E-state index contributed by atoms with van der Waals surface area (Å²) in [5, 5.41) is 6.63. The van der Waals surface area contributed by atoms with E-state index in [-0.39, 0.29) is 18.1 Å². The summed E-state index contributed by atoms with van der Waals surface area (Å²) in [5.74, 6) is 0.154. The zero-order chi connectivity index (χ0) is 14.8. The molecular formula is C16H28N2O3. The average Bonchev–Trinajstić information content (AvgIpc) is 3.01. The largest absolute Gasteiger partial charge is 0.376 e. The summed E-state index contributed by atoms with van der Waals surface area (Å²) in [6, 6.07) is 0.633. The van der Waals surface area contributed by atoms with Crippen LogP contribution in [0.15, 0.2) is 0 Å². The number of ether oxygens (including phenoxy) is 2. The predicted molar refractivity (Wildman–Crippen MR) is 80.1 cm³/mol. The van der Waals surface area contributed by atoms with Crippen LogP contribution >= 0.6 is 0 Å². The molecule has 3 rings (SSSR count). The Morgan fingerprint density at radius 2 is 2.00 bits per heavy atom. The molecule has 2 N–H and O–H groups in total. The summed E-state index contributed by atoms with van der Waals surface area (Å²) in [6.07, 6.45) is 6.92. The number of rotatable bonds is 4. The molecule has 0 radical (unpaired) electrons. The van der Waals surface area contributed by atoms with Crippen LogP contribution in [0.4, 0.5) is 0 Å². The average molecular weight is 296 g/mol. The number of amides is 1. The van der Waals surface area contributed by atoms with Crippen molar-refractivity contribution in [2.45, 2.75) is 88.8 Å². The number of carbonyl (C=O) groups excluding carboxylic acids is 1. The van der Waals surface area contributed by atoms with Crippen molar-refractivity contribution in [3.05, 3.63) is 0 Å². The van der Waals surface area contributed by atoms with Gasteiger partial charge in [-0.3, -0.25) is 4.79 Å². The van der Waals surface area contributed by atoms with Crippen molar-refractivity contribution in [3.8, 4) is 0 Å². The Morgan fingerprint density at radius 1 is 1.24 bits per heavy atom. The number of carbonyl (C=O) groups is 1. The van der Waals surface area contributed by atoms with E-state index in [0.717, 1.165) is 45.1 Å². The highest BCUT2D eigenvalue weighted by Gasteiger charge is 2.41. The first-order valence-corrected chi connectivity index (χ1v) is 8.45. The molecule has 120 valence electrons. The van der Waals surface area contributed by atoms with E-state index in [1.165, 1.54) is 0 Å². The van der Waals surface area contributed by atoms with E-state index in [1.54, 1.807) is 0 Å². The van der Waals surface area contributed by atoms with Crippen LogP contribution in [0.3, 0.4) is 0 Å². The Labute approximate surface area is 127 Å². The third-order valence-corrected chi connectivity index (χ3v) is 4.89. The van der Waals surface area contributed by atoms with Gasteiger partial charge in [-0.25, -0.2) is 0 Å². The predicted octanol–water partition coefficient (Wildman–Crippen LogP) is 1.36. The molecule has 3 fully saturated rings. The summed E-state index contributed by atoms with van der Waals surface area (Å²) in [7, 11) is 0. The Balaban J connectivity index is 1.40. The van der Waals surface area contributed by atoms with Crippen molar-refractivity contribution in [1.82, 2.24) is 10.6 Å². The number of hydrogen-bond donors (Lipinski definition) is 2. The molecule has 0 bridgehead atoms. The first-order chi connectivity index (χ1) is 10.1. The fraction of sp³-hybridized carbons (Fsp3) is 0.938. The lowest BCUT2D eigenvalue weighted by atomic mass is 9.92. The van der Waals surface area contributed by atoms with Crippen molar-refractivity contribution in [2.24, 2.45) is 0 Å². The summed E-state index contributed by atoms with van der Waals surface area (Å²) >= 11 is 0. The standard InChI is InChI=1S/C16H28N2O3/c1-10(2)21-12-5-3-11(4-6-12)17-16(19)14-9-15-13(18-14)7-8-20-15/h10-15,18H,3-9H2,1-2H3,(H,17,19)/t11?,12?,13-,14-,15-/m0/s1. The van der Waals surface area contributed by atoms with Crippen LogP contribution in [0.2, 0.25) is 0 Å². The summed E-state index contributed by atoms with van der Waals surface area (Å²) < 4.78 is 11.5. The molecule has 5 nitrogen and oxygen atoms in total. The van der Waals surface area contributed by atoms with Gasteiger partial charge < -0.3 is 20.1 Å². The summed E-state index contributed by atoms with van der Waals surface area (Å²) in [6.45, 7) is 4.99. The highest BCUT2D eigenvalue weighted by atomic mass is 16.5. The van der Waals surface area contributed by atoms with Crippen LogP contribution < -0.4 is 10.6 Å². The molecule has 0 unspecified atom stereocenters. The molecule has 1 aliphatic carbocycles. The molecule has 1 saturated carbocycles. The van der Waals surface area contributed by atoms with Gasteiger partial charge in [0.1, 0.15) is 0 Å². The van der Waals surface area contributed by atoms with Gasteiger partial charge >= 0.3 is 0 Å². The van der Waals surface area contributed by atoms with Crippen molar-refractivity contribution < 1.29 is 14.3 Å². The van der Waals surface area contributed by atoms with Gasteiger partial charge in [-0.15, -0.1) is 0 Å². The quantitative estimate of drug-likeness (QED) is 0.822. The lowest BCUT2D eigenvalue weighted by molar-refractivity contribution is -0.124. The fourth-order valence-corrected chi connectivity index (χ4v) is 3.84. The van der Waals surface area contributed by atoms with Crippen molar-refractivity contribution >= 4 is 5.91 Å². The number of nitrogens with one attached hydrogen (secondary N) is 2. The van der Waals surface area contributed by atoms with Crippen molar-refractivity contribution in [3.63, 3.8) is 0 Å². The zero-order valence-corrected chi connectivity index (χ0v) is 13.1. The van der Waals surface area contributed by atoms with Crippen LogP contribution in [-0.2, 0) is 14.3 Å². The molecule has 1 amide bonds. The zero-order valence-electron chi connectivity index (χ0n) is 13.1.